The molecule has 0 unspecified atom stereocenters. The first-order valence-electron chi connectivity index (χ1n) is 9.36. The van der Waals surface area contributed by atoms with Crippen molar-refractivity contribution in [1.29, 1.82) is 0 Å². The minimum absolute atomic E-state index is 0.111. The summed E-state index contributed by atoms with van der Waals surface area (Å²) < 4.78 is 27.6. The van der Waals surface area contributed by atoms with Crippen LogP contribution in [0.25, 0.3) is 0 Å². The van der Waals surface area contributed by atoms with Crippen LogP contribution in [-0.2, 0) is 10.0 Å². The number of rotatable bonds is 5. The van der Waals surface area contributed by atoms with Crippen molar-refractivity contribution >= 4 is 27.2 Å². The number of anilines is 2. The van der Waals surface area contributed by atoms with Crippen molar-refractivity contribution in [2.75, 3.05) is 36.0 Å². The zero-order valence-corrected chi connectivity index (χ0v) is 17.6. The molecular formula is C19H26N5O4S+. The summed E-state index contributed by atoms with van der Waals surface area (Å²) in [6, 6.07) is 9.94. The van der Waals surface area contributed by atoms with Crippen molar-refractivity contribution in [3.05, 3.63) is 52.7 Å². The molecule has 0 atom stereocenters. The van der Waals surface area contributed by atoms with Crippen LogP contribution in [0.1, 0.15) is 20.8 Å². The highest BCUT2D eigenvalue weighted by atomic mass is 32.2. The fourth-order valence-electron chi connectivity index (χ4n) is 3.31. The van der Waals surface area contributed by atoms with Crippen molar-refractivity contribution in [2.45, 2.75) is 31.2 Å². The highest BCUT2D eigenvalue weighted by Gasteiger charge is 2.30. The van der Waals surface area contributed by atoms with Gasteiger partial charge in [-0.3, -0.25) is 15.0 Å². The number of nitro benzene ring substituents is 1. The summed E-state index contributed by atoms with van der Waals surface area (Å²) in [7, 11) is -3.85. The molecule has 2 aromatic rings. The van der Waals surface area contributed by atoms with Gasteiger partial charge in [-0.2, -0.15) is 0 Å². The molecule has 1 fully saturated rings. The molecule has 9 nitrogen and oxygen atoms in total. The van der Waals surface area contributed by atoms with Gasteiger partial charge in [-0.05, 0) is 39.0 Å². The molecule has 0 saturated carbocycles. The van der Waals surface area contributed by atoms with E-state index >= 15 is 0 Å². The van der Waals surface area contributed by atoms with Gasteiger partial charge in [-0.1, -0.05) is 6.07 Å². The maximum Gasteiger partial charge on any atom is 0.293 e. The number of aromatic nitrogens is 1. The van der Waals surface area contributed by atoms with Crippen molar-refractivity contribution in [2.24, 2.45) is 0 Å². The van der Waals surface area contributed by atoms with Gasteiger partial charge in [0.05, 0.1) is 29.1 Å². The lowest BCUT2D eigenvalue weighted by Crippen LogP contribution is -2.48. The number of benzene rings is 1. The zero-order chi connectivity index (χ0) is 21.2. The summed E-state index contributed by atoms with van der Waals surface area (Å²) in [5.74, 6) is 0.997. The predicted octanol–water partition coefficient (Wildman–Crippen LogP) is 1.81. The molecule has 1 aliphatic heterocycles. The number of H-pyrrole nitrogens is 1. The average molecular weight is 421 g/mol. The minimum Gasteiger partial charge on any atom is -0.358 e. The smallest absolute Gasteiger partial charge is 0.293 e. The maximum absolute atomic E-state index is 12.6. The quantitative estimate of drug-likeness (QED) is 0.584. The van der Waals surface area contributed by atoms with Crippen LogP contribution in [0.15, 0.2) is 47.5 Å². The zero-order valence-electron chi connectivity index (χ0n) is 16.8. The Morgan fingerprint density at radius 1 is 1.07 bits per heavy atom. The fraction of sp³-hybridized carbons (Fsp3) is 0.421. The molecular weight excluding hydrogens is 394 g/mol. The molecule has 1 saturated heterocycles. The number of pyridine rings is 1. The van der Waals surface area contributed by atoms with E-state index < -0.39 is 20.5 Å². The van der Waals surface area contributed by atoms with Gasteiger partial charge in [0.15, 0.2) is 0 Å². The molecule has 156 valence electrons. The van der Waals surface area contributed by atoms with Gasteiger partial charge in [0.25, 0.3) is 11.5 Å². The molecule has 1 aromatic heterocycles. The second-order valence-electron chi connectivity index (χ2n) is 7.99. The van der Waals surface area contributed by atoms with Gasteiger partial charge in [-0.15, -0.1) is 0 Å². The van der Waals surface area contributed by atoms with Crippen LogP contribution in [0, 0.1) is 10.1 Å². The first kappa shape index (κ1) is 21.0. The Morgan fingerprint density at radius 3 is 2.28 bits per heavy atom. The summed E-state index contributed by atoms with van der Waals surface area (Å²) in [4.78, 5) is 18.3. The lowest BCUT2D eigenvalue weighted by atomic mass is 10.1. The third-order valence-electron chi connectivity index (χ3n) is 4.55. The number of aromatic amines is 1. The standard InChI is InChI=1S/C19H25N5O4S/c1-19(2,3)21-29(27,28)15-7-8-16(17(14-15)24(25)26)22-10-12-23(13-11-22)18-6-4-5-9-20-18/h4-9,14,21H,10-13H2,1-3H3/p+1. The normalized spacial score (nSPS) is 15.4. The van der Waals surface area contributed by atoms with Crippen molar-refractivity contribution in [1.82, 2.24) is 4.72 Å². The Balaban J connectivity index is 1.83. The minimum atomic E-state index is -3.85. The van der Waals surface area contributed by atoms with E-state index in [2.05, 4.69) is 14.6 Å². The third kappa shape index (κ3) is 5.01. The molecule has 2 heterocycles. The van der Waals surface area contributed by atoms with Gasteiger partial charge in [0.2, 0.25) is 10.0 Å². The molecule has 0 amide bonds. The van der Waals surface area contributed by atoms with E-state index in [9.17, 15) is 18.5 Å². The molecule has 29 heavy (non-hydrogen) atoms. The van der Waals surface area contributed by atoms with E-state index in [-0.39, 0.29) is 10.6 Å². The summed E-state index contributed by atoms with van der Waals surface area (Å²) in [6.07, 6.45) is 1.86. The summed E-state index contributed by atoms with van der Waals surface area (Å²) in [6.45, 7) is 7.74. The summed E-state index contributed by atoms with van der Waals surface area (Å²) in [5.41, 5.74) is -0.459. The van der Waals surface area contributed by atoms with Crippen LogP contribution >= 0.6 is 0 Å². The number of hydrogen-bond donors (Lipinski definition) is 1. The molecule has 0 aliphatic carbocycles. The van der Waals surface area contributed by atoms with Gasteiger partial charge in [0, 0.05) is 17.7 Å². The Morgan fingerprint density at radius 2 is 1.72 bits per heavy atom. The molecule has 1 aromatic carbocycles. The average Bonchev–Trinajstić information content (AvgIpc) is 2.66. The number of sulfonamides is 1. The number of nitrogens with zero attached hydrogens (tertiary/aromatic N) is 3. The van der Waals surface area contributed by atoms with Crippen LogP contribution in [-0.4, -0.2) is 45.1 Å². The van der Waals surface area contributed by atoms with E-state index in [1.807, 2.05) is 29.3 Å². The first-order valence-corrected chi connectivity index (χ1v) is 10.8. The summed E-state index contributed by atoms with van der Waals surface area (Å²) >= 11 is 0. The number of hydrogen-bond acceptors (Lipinski definition) is 6. The second-order valence-corrected chi connectivity index (χ2v) is 9.67. The highest BCUT2D eigenvalue weighted by Crippen LogP contribution is 2.32. The molecule has 1 aliphatic rings. The largest absolute Gasteiger partial charge is 0.358 e. The lowest BCUT2D eigenvalue weighted by molar-refractivity contribution is -0.384. The first-order chi connectivity index (χ1) is 13.6. The van der Waals surface area contributed by atoms with Crippen molar-refractivity contribution < 1.29 is 18.3 Å². The van der Waals surface area contributed by atoms with Crippen LogP contribution in [0.5, 0.6) is 0 Å². The number of nitrogens with one attached hydrogen (secondary N) is 2. The summed E-state index contributed by atoms with van der Waals surface area (Å²) in [5, 5.41) is 11.7. The van der Waals surface area contributed by atoms with E-state index in [0.717, 1.165) is 11.9 Å². The number of nitro groups is 1. The van der Waals surface area contributed by atoms with E-state index in [0.29, 0.717) is 31.9 Å². The third-order valence-corrected chi connectivity index (χ3v) is 6.30. The molecule has 0 spiro atoms. The topological polar surface area (TPSA) is 110 Å². The maximum atomic E-state index is 12.6. The molecule has 0 radical (unpaired) electrons. The van der Waals surface area contributed by atoms with Gasteiger partial charge >= 0.3 is 0 Å². The molecule has 10 heteroatoms. The Hall–Kier alpha value is -2.72. The van der Waals surface area contributed by atoms with Crippen molar-refractivity contribution in [3.8, 4) is 0 Å². The monoisotopic (exact) mass is 420 g/mol. The Bertz CT molecular complexity index is 981. The van der Waals surface area contributed by atoms with E-state index in [1.54, 1.807) is 20.8 Å². The number of piperazine rings is 1. The SMILES string of the molecule is CC(C)(C)NS(=O)(=O)c1ccc(N2CCN(c3cccc[nH+]3)CC2)c([N+](=O)[O-])c1. The van der Waals surface area contributed by atoms with E-state index in [1.165, 1.54) is 12.1 Å². The van der Waals surface area contributed by atoms with Crippen LogP contribution < -0.4 is 19.5 Å². The van der Waals surface area contributed by atoms with Crippen molar-refractivity contribution in [3.63, 3.8) is 0 Å². The molecule has 3 rings (SSSR count). The lowest BCUT2D eigenvalue weighted by Gasteiger charge is -2.32. The van der Waals surface area contributed by atoms with Gasteiger partial charge in [-0.25, -0.2) is 18.1 Å². The fourth-order valence-corrected chi connectivity index (χ4v) is 4.75. The van der Waals surface area contributed by atoms with Gasteiger partial charge < -0.3 is 4.90 Å². The van der Waals surface area contributed by atoms with E-state index in [4.69, 9.17) is 0 Å². The Kier molecular flexibility index (Phi) is 5.76. The second kappa shape index (κ2) is 7.96. The molecule has 2 N–H and O–H groups in total. The molecule has 0 bridgehead atoms. The van der Waals surface area contributed by atoms with Crippen LogP contribution in [0.2, 0.25) is 0 Å². The van der Waals surface area contributed by atoms with Crippen LogP contribution in [0.3, 0.4) is 0 Å². The highest BCUT2D eigenvalue weighted by molar-refractivity contribution is 7.89. The Labute approximate surface area is 170 Å². The predicted molar refractivity (Wildman–Crippen MR) is 111 cm³/mol. The van der Waals surface area contributed by atoms with Crippen LogP contribution in [0.4, 0.5) is 17.2 Å². The van der Waals surface area contributed by atoms with Gasteiger partial charge in [0.1, 0.15) is 18.8 Å².